The number of likely N-dealkylation sites (N-methyl/N-ethyl adjacent to an activating group) is 1. The summed E-state index contributed by atoms with van der Waals surface area (Å²) in [5, 5.41) is 75.3. The van der Waals surface area contributed by atoms with Crippen LogP contribution in [-0.2, 0) is 21.4 Å². The lowest BCUT2D eigenvalue weighted by molar-refractivity contribution is -0.412. The lowest BCUT2D eigenvalue weighted by Gasteiger charge is -2.64. The third-order valence-corrected chi connectivity index (χ3v) is 9.22. The maximum Gasteiger partial charge on any atom is 0.335 e. The summed E-state index contributed by atoms with van der Waals surface area (Å²) in [5.41, 5.74) is -1.46. The van der Waals surface area contributed by atoms with E-state index in [2.05, 4.69) is 4.90 Å². The average molecular weight is 479 g/mol. The summed E-state index contributed by atoms with van der Waals surface area (Å²) in [4.78, 5) is 14.0. The first kappa shape index (κ1) is 22.5. The van der Waals surface area contributed by atoms with Crippen molar-refractivity contribution < 1.29 is 50.0 Å². The Morgan fingerprint density at radius 2 is 1.88 bits per heavy atom. The fourth-order valence-corrected chi connectivity index (χ4v) is 7.62. The van der Waals surface area contributed by atoms with Crippen LogP contribution in [0.15, 0.2) is 12.1 Å². The molecule has 3 aliphatic heterocycles. The largest absolute Gasteiger partial charge is 0.504 e. The van der Waals surface area contributed by atoms with Gasteiger partial charge in [0.05, 0.1) is 0 Å². The maximum absolute atomic E-state index is 12.1. The van der Waals surface area contributed by atoms with Gasteiger partial charge in [-0.3, -0.25) is 0 Å². The van der Waals surface area contributed by atoms with Crippen LogP contribution < -0.4 is 4.74 Å². The van der Waals surface area contributed by atoms with E-state index in [0.717, 1.165) is 17.5 Å². The summed E-state index contributed by atoms with van der Waals surface area (Å²) in [7, 11) is 2.03. The SMILES string of the molecule is CN1CC[C@]23c4c5ccc(O)c4O[C@H]2[C@@](O)([C@@]2(O)O[C@H](C(=O)O)[C@@H](O)[C@H](O)[C@H]2O)CC[C@H]3[C@H]1C5. The number of carbonyl (C=O) groups is 1. The molecular formula is C23H29NO10. The number of hydrogen-bond donors (Lipinski definition) is 7. The number of phenols is 1. The standard InChI is InChI=1S/C23H29NO10/c1-24-7-6-21-10-4-5-22(31,23(32)18(28)15(27)14(26)17(34-23)19(29)30)20(21)33-16-12(25)3-2-9(13(16)21)8-11(10)24/h2-3,10-11,14-15,17-18,20,25-28,31-32H,4-8H2,1H3,(H,29,30)/t10-,11+,14-,15-,17-,18+,20+,21-,22+,23-/m0/s1. The van der Waals surface area contributed by atoms with Gasteiger partial charge in [0.2, 0.25) is 5.79 Å². The number of hydrogen-bond acceptors (Lipinski definition) is 10. The third kappa shape index (κ3) is 2.38. The molecule has 7 N–H and O–H groups in total. The van der Waals surface area contributed by atoms with E-state index < -0.39 is 53.3 Å². The highest BCUT2D eigenvalue weighted by Crippen LogP contribution is 2.67. The Hall–Kier alpha value is -1.99. The first-order valence-electron chi connectivity index (χ1n) is 11.6. The number of rotatable bonds is 2. The molecule has 1 aromatic carbocycles. The smallest absolute Gasteiger partial charge is 0.335 e. The Kier molecular flexibility index (Phi) is 4.51. The van der Waals surface area contributed by atoms with Gasteiger partial charge in [0, 0.05) is 17.0 Å². The molecule has 34 heavy (non-hydrogen) atoms. The molecule has 6 rings (SSSR count). The highest BCUT2D eigenvalue weighted by atomic mass is 16.7. The molecule has 11 heteroatoms. The number of aliphatic hydroxyl groups is 5. The van der Waals surface area contributed by atoms with Crippen molar-refractivity contribution in [2.75, 3.05) is 13.6 Å². The van der Waals surface area contributed by atoms with Gasteiger partial charge < -0.3 is 50.1 Å². The molecule has 5 aliphatic rings. The van der Waals surface area contributed by atoms with E-state index in [1.165, 1.54) is 6.07 Å². The lowest BCUT2D eigenvalue weighted by atomic mass is 9.48. The quantitative estimate of drug-likeness (QED) is 0.250. The number of ether oxygens (including phenoxy) is 2. The molecule has 11 nitrogen and oxygen atoms in total. The molecule has 1 saturated carbocycles. The van der Waals surface area contributed by atoms with Crippen molar-refractivity contribution >= 4 is 5.97 Å². The van der Waals surface area contributed by atoms with Crippen LogP contribution in [0.25, 0.3) is 0 Å². The summed E-state index contributed by atoms with van der Waals surface area (Å²) in [6, 6.07) is 3.48. The molecule has 0 amide bonds. The molecule has 2 aliphatic carbocycles. The summed E-state index contributed by atoms with van der Waals surface area (Å²) >= 11 is 0. The van der Waals surface area contributed by atoms with Crippen LogP contribution in [-0.4, -0.2) is 108 Å². The molecule has 2 saturated heterocycles. The van der Waals surface area contributed by atoms with Crippen LogP contribution in [0.5, 0.6) is 11.5 Å². The minimum absolute atomic E-state index is 0.00203. The van der Waals surface area contributed by atoms with E-state index >= 15 is 0 Å². The number of piperidine rings is 1. The number of aliphatic carboxylic acids is 1. The van der Waals surface area contributed by atoms with Crippen LogP contribution in [0.3, 0.4) is 0 Å². The Labute approximate surface area is 194 Å². The molecule has 186 valence electrons. The van der Waals surface area contributed by atoms with Gasteiger partial charge in [0.25, 0.3) is 0 Å². The number of likely N-dealkylation sites (tertiary alicyclic amines) is 1. The van der Waals surface area contributed by atoms with Gasteiger partial charge in [0.15, 0.2) is 23.2 Å². The summed E-state index contributed by atoms with van der Waals surface area (Å²) < 4.78 is 11.6. The van der Waals surface area contributed by atoms with Crippen LogP contribution in [0.2, 0.25) is 0 Å². The van der Waals surface area contributed by atoms with Crippen molar-refractivity contribution in [2.24, 2.45) is 5.92 Å². The first-order valence-corrected chi connectivity index (χ1v) is 11.6. The normalized spacial score (nSPS) is 49.3. The fraction of sp³-hybridized carbons (Fsp3) is 0.696. The van der Waals surface area contributed by atoms with Crippen LogP contribution >= 0.6 is 0 Å². The summed E-state index contributed by atoms with van der Waals surface area (Å²) in [6.45, 7) is 0.659. The van der Waals surface area contributed by atoms with Crippen molar-refractivity contribution in [3.8, 4) is 11.5 Å². The van der Waals surface area contributed by atoms with Gasteiger partial charge in [-0.25, -0.2) is 4.79 Å². The number of aliphatic hydroxyl groups excluding tert-OH is 3. The Bertz CT molecular complexity index is 1070. The Morgan fingerprint density at radius 1 is 1.15 bits per heavy atom. The molecule has 1 spiro atoms. The average Bonchev–Trinajstić information content (AvgIpc) is 3.16. The maximum atomic E-state index is 12.1. The van der Waals surface area contributed by atoms with Crippen LogP contribution in [0, 0.1) is 5.92 Å². The number of carboxylic acids is 1. The lowest BCUT2D eigenvalue weighted by Crippen LogP contribution is -2.81. The molecule has 2 bridgehead atoms. The molecular weight excluding hydrogens is 450 g/mol. The Morgan fingerprint density at radius 3 is 2.59 bits per heavy atom. The highest BCUT2D eigenvalue weighted by molar-refractivity contribution is 5.73. The third-order valence-electron chi connectivity index (χ3n) is 9.22. The zero-order valence-corrected chi connectivity index (χ0v) is 18.5. The van der Waals surface area contributed by atoms with Crippen molar-refractivity contribution in [3.63, 3.8) is 0 Å². The van der Waals surface area contributed by atoms with Crippen molar-refractivity contribution in [2.45, 2.75) is 79.0 Å². The second kappa shape index (κ2) is 6.82. The second-order valence-corrected chi connectivity index (χ2v) is 10.6. The number of benzene rings is 1. The van der Waals surface area contributed by atoms with E-state index in [1.54, 1.807) is 0 Å². The van der Waals surface area contributed by atoms with Crippen molar-refractivity contribution in [1.82, 2.24) is 4.90 Å². The molecule has 10 atom stereocenters. The van der Waals surface area contributed by atoms with Gasteiger partial charge in [0.1, 0.15) is 24.4 Å². The van der Waals surface area contributed by atoms with Crippen molar-refractivity contribution in [1.29, 1.82) is 0 Å². The molecule has 1 aromatic rings. The molecule has 0 radical (unpaired) electrons. The van der Waals surface area contributed by atoms with E-state index in [0.29, 0.717) is 19.4 Å². The minimum atomic E-state index is -2.97. The predicted octanol–water partition coefficient (Wildman–Crippen LogP) is -1.95. The summed E-state index contributed by atoms with van der Waals surface area (Å²) in [6.07, 6.45) is -8.09. The van der Waals surface area contributed by atoms with Crippen LogP contribution in [0.1, 0.15) is 30.4 Å². The van der Waals surface area contributed by atoms with E-state index in [9.17, 15) is 40.5 Å². The first-order chi connectivity index (χ1) is 16.0. The van der Waals surface area contributed by atoms with Gasteiger partial charge in [-0.1, -0.05) is 6.07 Å². The molecule has 0 unspecified atom stereocenters. The Balaban J connectivity index is 1.53. The predicted molar refractivity (Wildman–Crippen MR) is 112 cm³/mol. The van der Waals surface area contributed by atoms with E-state index in [-0.39, 0.29) is 29.9 Å². The topological polar surface area (TPSA) is 180 Å². The molecule has 3 fully saturated rings. The van der Waals surface area contributed by atoms with E-state index in [1.807, 2.05) is 13.1 Å². The second-order valence-electron chi connectivity index (χ2n) is 10.6. The number of carboxylic acid groups (broad SMARTS) is 1. The highest BCUT2D eigenvalue weighted by Gasteiger charge is 2.77. The van der Waals surface area contributed by atoms with Gasteiger partial charge in [-0.2, -0.15) is 0 Å². The molecule has 0 aromatic heterocycles. The monoisotopic (exact) mass is 479 g/mol. The number of phenolic OH excluding ortho intramolecular Hbond substituents is 1. The molecule has 3 heterocycles. The van der Waals surface area contributed by atoms with Crippen molar-refractivity contribution in [3.05, 3.63) is 23.3 Å². The van der Waals surface area contributed by atoms with Gasteiger partial charge in [-0.15, -0.1) is 0 Å². The van der Waals surface area contributed by atoms with Crippen LogP contribution in [0.4, 0.5) is 0 Å². The zero-order valence-electron chi connectivity index (χ0n) is 18.5. The number of aromatic hydroxyl groups is 1. The fourth-order valence-electron chi connectivity index (χ4n) is 7.62. The van der Waals surface area contributed by atoms with Gasteiger partial charge >= 0.3 is 5.97 Å². The summed E-state index contributed by atoms with van der Waals surface area (Å²) in [5.74, 6) is -4.54. The van der Waals surface area contributed by atoms with Gasteiger partial charge in [-0.05, 0) is 56.8 Å². The van der Waals surface area contributed by atoms with E-state index in [4.69, 9.17) is 9.47 Å². The zero-order chi connectivity index (χ0) is 24.4. The number of nitrogens with zero attached hydrogens (tertiary/aromatic N) is 1. The minimum Gasteiger partial charge on any atom is -0.504 e.